The predicted octanol–water partition coefficient (Wildman–Crippen LogP) is 1.81. The molecule has 0 spiro atoms. The van der Waals surface area contributed by atoms with E-state index < -0.39 is 0 Å². The number of nitrogens with one attached hydrogen (secondary N) is 2. The molecule has 88 valence electrons. The zero-order valence-corrected chi connectivity index (χ0v) is 9.36. The van der Waals surface area contributed by atoms with E-state index in [-0.39, 0.29) is 17.6 Å². The smallest absolute Gasteiger partial charge is 0.182 e. The summed E-state index contributed by atoms with van der Waals surface area (Å²) in [7, 11) is 0. The lowest BCUT2D eigenvalue weighted by molar-refractivity contribution is 0.0954. The van der Waals surface area contributed by atoms with E-state index in [9.17, 15) is 9.90 Å². The van der Waals surface area contributed by atoms with E-state index in [1.807, 2.05) is 6.07 Å². The van der Waals surface area contributed by atoms with Crippen molar-refractivity contribution in [3.8, 4) is 5.75 Å². The molecule has 1 aromatic carbocycles. The summed E-state index contributed by atoms with van der Waals surface area (Å²) in [6.07, 6.45) is 3.59. The minimum absolute atomic E-state index is 0.0650. The van der Waals surface area contributed by atoms with Gasteiger partial charge < -0.3 is 15.4 Å². The number of hydrogen-bond donors (Lipinski definition) is 3. The minimum Gasteiger partial charge on any atom is -0.507 e. The van der Waals surface area contributed by atoms with Crippen molar-refractivity contribution in [2.24, 2.45) is 0 Å². The van der Waals surface area contributed by atoms with E-state index in [1.165, 1.54) is 0 Å². The topological polar surface area (TPSA) is 65.1 Å². The number of phenols is 1. The molecule has 4 heteroatoms. The van der Waals surface area contributed by atoms with E-state index in [4.69, 9.17) is 0 Å². The molecule has 4 nitrogen and oxygen atoms in total. The summed E-state index contributed by atoms with van der Waals surface area (Å²) in [5.41, 5.74) is 1.38. The highest BCUT2D eigenvalue weighted by Gasteiger charge is 2.25. The Labute approximate surface area is 98.6 Å². The van der Waals surface area contributed by atoms with Gasteiger partial charge in [0.15, 0.2) is 5.78 Å². The second kappa shape index (κ2) is 3.89. The van der Waals surface area contributed by atoms with Crippen LogP contribution in [-0.4, -0.2) is 28.5 Å². The molecule has 1 aromatic heterocycles. The van der Waals surface area contributed by atoms with Crippen LogP contribution >= 0.6 is 0 Å². The van der Waals surface area contributed by atoms with E-state index in [0.717, 1.165) is 24.9 Å². The van der Waals surface area contributed by atoms with E-state index >= 15 is 0 Å². The number of Topliss-reactive ketones (excluding diaryl/α,β-unsaturated/α-hetero) is 1. The first-order valence-corrected chi connectivity index (χ1v) is 5.84. The minimum atomic E-state index is -0.103. The Morgan fingerprint density at radius 3 is 3.06 bits per heavy atom. The second-order valence-corrected chi connectivity index (χ2v) is 4.42. The number of phenolic OH excluding ortho intramolecular Hbond substituents is 1. The second-order valence-electron chi connectivity index (χ2n) is 4.42. The maximum absolute atomic E-state index is 12.3. The van der Waals surface area contributed by atoms with Crippen LogP contribution in [-0.2, 0) is 0 Å². The van der Waals surface area contributed by atoms with Gasteiger partial charge >= 0.3 is 0 Å². The fourth-order valence-corrected chi connectivity index (χ4v) is 2.46. The van der Waals surface area contributed by atoms with Crippen LogP contribution in [0.3, 0.4) is 0 Å². The third kappa shape index (κ3) is 1.61. The van der Waals surface area contributed by atoms with Crippen molar-refractivity contribution < 1.29 is 9.90 Å². The van der Waals surface area contributed by atoms with Gasteiger partial charge in [-0.15, -0.1) is 0 Å². The van der Waals surface area contributed by atoms with Gasteiger partial charge in [-0.05, 0) is 31.5 Å². The highest BCUT2D eigenvalue weighted by atomic mass is 16.3. The number of benzene rings is 1. The molecule has 0 aliphatic carbocycles. The van der Waals surface area contributed by atoms with Crippen LogP contribution in [0.1, 0.15) is 23.2 Å². The maximum Gasteiger partial charge on any atom is 0.182 e. The Morgan fingerprint density at radius 2 is 2.29 bits per heavy atom. The monoisotopic (exact) mass is 230 g/mol. The lowest BCUT2D eigenvalue weighted by atomic mass is 10.0. The molecule has 1 saturated heterocycles. The first-order valence-electron chi connectivity index (χ1n) is 5.84. The van der Waals surface area contributed by atoms with Gasteiger partial charge in [0, 0.05) is 17.3 Å². The van der Waals surface area contributed by atoms with Crippen LogP contribution in [0.15, 0.2) is 24.4 Å². The van der Waals surface area contributed by atoms with Gasteiger partial charge in [0.05, 0.1) is 11.4 Å². The Bertz CT molecular complexity index is 568. The summed E-state index contributed by atoms with van der Waals surface area (Å²) in [4.78, 5) is 15.3. The SMILES string of the molecule is O=C(c1c[nH]c2cccc(O)c12)C1CCCN1. The first kappa shape index (κ1) is 10.4. The molecule has 1 aliphatic rings. The zero-order valence-electron chi connectivity index (χ0n) is 9.36. The lowest BCUT2D eigenvalue weighted by Gasteiger charge is -2.08. The summed E-state index contributed by atoms with van der Waals surface area (Å²) in [6.45, 7) is 0.894. The molecular weight excluding hydrogens is 216 g/mol. The molecular formula is C13H14N2O2. The molecule has 3 rings (SSSR count). The summed E-state index contributed by atoms with van der Waals surface area (Å²) < 4.78 is 0. The van der Waals surface area contributed by atoms with Crippen LogP contribution in [0.4, 0.5) is 0 Å². The molecule has 0 amide bonds. The van der Waals surface area contributed by atoms with Crippen LogP contribution in [0.25, 0.3) is 10.9 Å². The summed E-state index contributed by atoms with van der Waals surface area (Å²) in [5, 5.41) is 13.7. The Morgan fingerprint density at radius 1 is 1.41 bits per heavy atom. The molecule has 1 atom stereocenters. The number of H-pyrrole nitrogens is 1. The average Bonchev–Trinajstić information content (AvgIpc) is 2.98. The van der Waals surface area contributed by atoms with Gasteiger partial charge in [-0.1, -0.05) is 6.07 Å². The number of aromatic amines is 1. The van der Waals surface area contributed by atoms with Crippen molar-refractivity contribution >= 4 is 16.7 Å². The molecule has 1 unspecified atom stereocenters. The maximum atomic E-state index is 12.3. The van der Waals surface area contributed by atoms with Crippen LogP contribution < -0.4 is 5.32 Å². The summed E-state index contributed by atoms with van der Waals surface area (Å²) in [6, 6.07) is 5.12. The van der Waals surface area contributed by atoms with Crippen LogP contribution in [0.5, 0.6) is 5.75 Å². The standard InChI is InChI=1S/C13H14N2O2/c16-11-5-1-3-9-12(11)8(7-15-9)13(17)10-4-2-6-14-10/h1,3,5,7,10,14-16H,2,4,6H2. The van der Waals surface area contributed by atoms with Crippen molar-refractivity contribution in [1.82, 2.24) is 10.3 Å². The van der Waals surface area contributed by atoms with Crippen molar-refractivity contribution in [2.75, 3.05) is 6.54 Å². The number of aromatic nitrogens is 1. The molecule has 1 fully saturated rings. The molecule has 2 aromatic rings. The fraction of sp³-hybridized carbons (Fsp3) is 0.308. The fourth-order valence-electron chi connectivity index (χ4n) is 2.46. The quantitative estimate of drug-likeness (QED) is 0.689. The Kier molecular flexibility index (Phi) is 2.37. The Balaban J connectivity index is 2.08. The molecule has 0 saturated carbocycles. The van der Waals surface area contributed by atoms with Gasteiger partial charge in [0.25, 0.3) is 0 Å². The van der Waals surface area contributed by atoms with Crippen LogP contribution in [0, 0.1) is 0 Å². The lowest BCUT2D eigenvalue weighted by Crippen LogP contribution is -2.30. The molecule has 0 bridgehead atoms. The van der Waals surface area contributed by atoms with E-state index in [0.29, 0.717) is 10.9 Å². The third-order valence-electron chi connectivity index (χ3n) is 3.33. The van der Waals surface area contributed by atoms with Gasteiger partial charge in [0.2, 0.25) is 0 Å². The van der Waals surface area contributed by atoms with Crippen molar-refractivity contribution in [2.45, 2.75) is 18.9 Å². The van der Waals surface area contributed by atoms with Crippen LogP contribution in [0.2, 0.25) is 0 Å². The van der Waals surface area contributed by atoms with E-state index in [1.54, 1.807) is 18.3 Å². The van der Waals surface area contributed by atoms with Gasteiger partial charge in [0.1, 0.15) is 5.75 Å². The van der Waals surface area contributed by atoms with Crippen molar-refractivity contribution in [3.05, 3.63) is 30.0 Å². The number of rotatable bonds is 2. The number of carbonyl (C=O) groups is 1. The van der Waals surface area contributed by atoms with Crippen molar-refractivity contribution in [3.63, 3.8) is 0 Å². The number of carbonyl (C=O) groups excluding carboxylic acids is 1. The van der Waals surface area contributed by atoms with Crippen molar-refractivity contribution in [1.29, 1.82) is 0 Å². The number of fused-ring (bicyclic) bond motifs is 1. The highest BCUT2D eigenvalue weighted by molar-refractivity contribution is 6.12. The van der Waals surface area contributed by atoms with Gasteiger partial charge in [-0.25, -0.2) is 0 Å². The normalized spacial score (nSPS) is 19.9. The predicted molar refractivity (Wildman–Crippen MR) is 65.3 cm³/mol. The van der Waals surface area contributed by atoms with Gasteiger partial charge in [-0.2, -0.15) is 0 Å². The number of ketones is 1. The zero-order chi connectivity index (χ0) is 11.8. The molecule has 3 N–H and O–H groups in total. The Hall–Kier alpha value is -1.81. The van der Waals surface area contributed by atoms with E-state index in [2.05, 4.69) is 10.3 Å². The largest absolute Gasteiger partial charge is 0.507 e. The molecule has 2 heterocycles. The summed E-state index contributed by atoms with van der Waals surface area (Å²) >= 11 is 0. The third-order valence-corrected chi connectivity index (χ3v) is 3.33. The first-order chi connectivity index (χ1) is 8.27. The number of hydrogen-bond acceptors (Lipinski definition) is 3. The summed E-state index contributed by atoms with van der Waals surface area (Å²) in [5.74, 6) is 0.223. The molecule has 0 radical (unpaired) electrons. The number of aromatic hydroxyl groups is 1. The highest BCUT2D eigenvalue weighted by Crippen LogP contribution is 2.29. The molecule has 17 heavy (non-hydrogen) atoms. The molecule has 1 aliphatic heterocycles. The van der Waals surface area contributed by atoms with Gasteiger partial charge in [-0.3, -0.25) is 4.79 Å². The average molecular weight is 230 g/mol.